The fourth-order valence-corrected chi connectivity index (χ4v) is 6.59. The summed E-state index contributed by atoms with van der Waals surface area (Å²) in [7, 11) is 0. The zero-order valence-corrected chi connectivity index (χ0v) is 23.2. The monoisotopic (exact) mass is 552 g/mol. The van der Waals surface area contributed by atoms with Gasteiger partial charge in [-0.1, -0.05) is 44.6 Å². The predicted molar refractivity (Wildman–Crippen MR) is 151 cm³/mol. The Morgan fingerprint density at radius 2 is 1.79 bits per heavy atom. The number of carbonyl (C=O) groups is 2. The molecule has 3 aliphatic rings. The molecule has 8 nitrogen and oxygen atoms in total. The minimum absolute atomic E-state index is 0.0480. The highest BCUT2D eigenvalue weighted by Crippen LogP contribution is 2.39. The van der Waals surface area contributed by atoms with E-state index in [1.165, 1.54) is 43.5 Å². The van der Waals surface area contributed by atoms with Crippen molar-refractivity contribution < 1.29 is 28.6 Å². The van der Waals surface area contributed by atoms with Crippen LogP contribution >= 0.6 is 11.8 Å². The molecule has 1 amide bonds. The molecule has 2 aromatic rings. The van der Waals surface area contributed by atoms with Crippen LogP contribution in [0.4, 0.5) is 0 Å². The fourth-order valence-electron chi connectivity index (χ4n) is 5.48. The molecule has 0 bridgehead atoms. The van der Waals surface area contributed by atoms with Crippen molar-refractivity contribution in [2.24, 2.45) is 4.99 Å². The molecule has 5 rings (SSSR count). The summed E-state index contributed by atoms with van der Waals surface area (Å²) in [5.74, 6) is 0.261. The zero-order chi connectivity index (χ0) is 27.2. The highest BCUT2D eigenvalue weighted by molar-refractivity contribution is 8.18. The molecule has 0 radical (unpaired) electrons. The number of furan rings is 1. The normalized spacial score (nSPS) is 21.2. The first-order chi connectivity index (χ1) is 19.0. The van der Waals surface area contributed by atoms with Gasteiger partial charge in [0.1, 0.15) is 12.4 Å². The smallest absolute Gasteiger partial charge is 0.371 e. The van der Waals surface area contributed by atoms with Crippen molar-refractivity contribution in [2.45, 2.75) is 89.8 Å². The van der Waals surface area contributed by atoms with E-state index in [0.29, 0.717) is 34.8 Å². The number of aliphatic imine (C=N–C) groups is 1. The number of amides is 1. The summed E-state index contributed by atoms with van der Waals surface area (Å²) in [6, 6.07) is 9.08. The Hall–Kier alpha value is -3.20. The van der Waals surface area contributed by atoms with Crippen LogP contribution in [0.5, 0.6) is 11.5 Å². The maximum absolute atomic E-state index is 13.7. The number of hydrogen-bond donors (Lipinski definition) is 1. The van der Waals surface area contributed by atoms with Gasteiger partial charge in [0.05, 0.1) is 17.6 Å². The highest BCUT2D eigenvalue weighted by atomic mass is 32.2. The van der Waals surface area contributed by atoms with E-state index in [1.807, 2.05) is 30.0 Å². The van der Waals surface area contributed by atoms with E-state index in [-0.39, 0.29) is 24.3 Å². The number of benzene rings is 1. The lowest BCUT2D eigenvalue weighted by Crippen LogP contribution is -2.41. The first kappa shape index (κ1) is 27.4. The Balaban J connectivity index is 1.36. The number of hydrogen-bond acceptors (Lipinski definition) is 7. The molecule has 1 saturated heterocycles. The number of nitrogens with zero attached hydrogens (tertiary/aromatic N) is 2. The third kappa shape index (κ3) is 6.69. The van der Waals surface area contributed by atoms with Gasteiger partial charge >= 0.3 is 5.97 Å². The molecule has 0 atom stereocenters. The molecule has 39 heavy (non-hydrogen) atoms. The summed E-state index contributed by atoms with van der Waals surface area (Å²) in [5, 5.41) is 9.93. The predicted octanol–water partition coefficient (Wildman–Crippen LogP) is 6.89. The fraction of sp³-hybridized carbons (Fsp3) is 0.500. The van der Waals surface area contributed by atoms with E-state index in [4.69, 9.17) is 24.0 Å². The molecule has 2 aliphatic carbocycles. The van der Waals surface area contributed by atoms with Crippen LogP contribution in [0, 0.1) is 0 Å². The van der Waals surface area contributed by atoms with Crippen molar-refractivity contribution in [1.29, 1.82) is 0 Å². The van der Waals surface area contributed by atoms with Gasteiger partial charge < -0.3 is 19.0 Å². The summed E-state index contributed by atoms with van der Waals surface area (Å²) in [6.07, 6.45) is 13.4. The molecule has 9 heteroatoms. The van der Waals surface area contributed by atoms with Crippen molar-refractivity contribution in [2.75, 3.05) is 6.61 Å². The number of carbonyl (C=O) groups excluding carboxylic acids is 1. The van der Waals surface area contributed by atoms with E-state index in [1.54, 1.807) is 12.1 Å². The van der Waals surface area contributed by atoms with Gasteiger partial charge in [-0.2, -0.15) is 0 Å². The highest BCUT2D eigenvalue weighted by Gasteiger charge is 2.39. The van der Waals surface area contributed by atoms with Gasteiger partial charge in [0.2, 0.25) is 5.76 Å². The van der Waals surface area contributed by atoms with Crippen molar-refractivity contribution in [1.82, 2.24) is 4.90 Å². The molecule has 1 aromatic carbocycles. The summed E-state index contributed by atoms with van der Waals surface area (Å²) in [6.45, 7) is 2.41. The first-order valence-electron chi connectivity index (χ1n) is 14.0. The minimum Gasteiger partial charge on any atom is -0.490 e. The zero-order valence-electron chi connectivity index (χ0n) is 22.4. The number of amidine groups is 1. The average molecular weight is 553 g/mol. The maximum Gasteiger partial charge on any atom is 0.371 e. The van der Waals surface area contributed by atoms with Crippen LogP contribution in [0.15, 0.2) is 44.6 Å². The molecule has 1 aromatic heterocycles. The minimum atomic E-state index is -1.12. The molecule has 3 fully saturated rings. The summed E-state index contributed by atoms with van der Waals surface area (Å²) in [5.41, 5.74) is 0.843. The van der Waals surface area contributed by atoms with E-state index >= 15 is 0 Å². The number of thioether (sulfide) groups is 1. The van der Waals surface area contributed by atoms with E-state index in [9.17, 15) is 9.59 Å². The Morgan fingerprint density at radius 1 is 1.05 bits per heavy atom. The molecule has 2 saturated carbocycles. The Morgan fingerprint density at radius 3 is 2.49 bits per heavy atom. The van der Waals surface area contributed by atoms with Gasteiger partial charge in [0.15, 0.2) is 16.7 Å². The van der Waals surface area contributed by atoms with Crippen molar-refractivity contribution in [3.05, 3.63) is 52.3 Å². The molecular formula is C30H36N2O6S. The second kappa shape index (κ2) is 12.8. The summed E-state index contributed by atoms with van der Waals surface area (Å²) >= 11 is 1.50. The molecule has 0 spiro atoms. The largest absolute Gasteiger partial charge is 0.490 e. The van der Waals surface area contributed by atoms with Crippen molar-refractivity contribution in [3.8, 4) is 11.5 Å². The van der Waals surface area contributed by atoms with Crippen LogP contribution in [0.25, 0.3) is 6.08 Å². The number of rotatable bonds is 9. The molecule has 208 valence electrons. The van der Waals surface area contributed by atoms with Gasteiger partial charge in [-0.05, 0) is 80.3 Å². The average Bonchev–Trinajstić information content (AvgIpc) is 3.54. The lowest BCUT2D eigenvalue weighted by atomic mass is 9.94. The van der Waals surface area contributed by atoms with Gasteiger partial charge in [0.25, 0.3) is 5.91 Å². The van der Waals surface area contributed by atoms with Crippen LogP contribution in [0.1, 0.15) is 93.0 Å². The summed E-state index contributed by atoms with van der Waals surface area (Å²) < 4.78 is 17.0. The second-order valence-electron chi connectivity index (χ2n) is 10.3. The van der Waals surface area contributed by atoms with Gasteiger partial charge in [-0.15, -0.1) is 0 Å². The van der Waals surface area contributed by atoms with Crippen LogP contribution in [0.3, 0.4) is 0 Å². The van der Waals surface area contributed by atoms with Gasteiger partial charge in [-0.3, -0.25) is 14.7 Å². The third-order valence-corrected chi connectivity index (χ3v) is 8.45. The SMILES string of the molecule is CCOc1cc(C=C2SC(=NC3CCCCC3)N(C3CCCCC3)C2=O)ccc1OCc1ccc(C(=O)O)o1. The van der Waals surface area contributed by atoms with E-state index in [0.717, 1.165) is 49.3 Å². The molecule has 0 unspecified atom stereocenters. The molecule has 1 N–H and O–H groups in total. The Labute approximate surface area is 233 Å². The number of aromatic carboxylic acids is 1. The molecule has 2 heterocycles. The molecular weight excluding hydrogens is 516 g/mol. The first-order valence-corrected chi connectivity index (χ1v) is 14.9. The lowest BCUT2D eigenvalue weighted by molar-refractivity contribution is -0.124. The van der Waals surface area contributed by atoms with Crippen LogP contribution in [0.2, 0.25) is 0 Å². The Kier molecular flexibility index (Phi) is 8.96. The summed E-state index contributed by atoms with van der Waals surface area (Å²) in [4.78, 5) is 32.5. The lowest BCUT2D eigenvalue weighted by Gasteiger charge is -2.31. The van der Waals surface area contributed by atoms with Gasteiger partial charge in [0, 0.05) is 6.04 Å². The maximum atomic E-state index is 13.7. The third-order valence-electron chi connectivity index (χ3n) is 7.45. The van der Waals surface area contributed by atoms with Crippen molar-refractivity contribution in [3.63, 3.8) is 0 Å². The van der Waals surface area contributed by atoms with E-state index < -0.39 is 5.97 Å². The van der Waals surface area contributed by atoms with E-state index in [2.05, 4.69) is 0 Å². The number of ether oxygens (including phenoxy) is 2. The molecule has 1 aliphatic heterocycles. The van der Waals surface area contributed by atoms with Crippen LogP contribution in [-0.4, -0.2) is 45.7 Å². The van der Waals surface area contributed by atoms with Gasteiger partial charge in [-0.25, -0.2) is 4.79 Å². The van der Waals surface area contributed by atoms with Crippen LogP contribution < -0.4 is 9.47 Å². The standard InChI is InChI=1S/C30H36N2O6S/c1-2-36-26-17-20(13-15-24(26)37-19-23-14-16-25(38-23)29(34)35)18-27-28(33)32(22-11-7-4-8-12-22)30(39-27)31-21-9-5-3-6-10-21/h13-18,21-22H,2-12,19H2,1H3,(H,34,35). The number of carboxylic acids is 1. The number of carboxylic acid groups (broad SMARTS) is 1. The topological polar surface area (TPSA) is 102 Å². The second-order valence-corrected chi connectivity index (χ2v) is 11.3. The Bertz CT molecular complexity index is 1240. The quantitative estimate of drug-likeness (QED) is 0.338. The van der Waals surface area contributed by atoms with Crippen molar-refractivity contribution >= 4 is 34.9 Å². The van der Waals surface area contributed by atoms with Crippen LogP contribution in [-0.2, 0) is 11.4 Å².